The van der Waals surface area contributed by atoms with Gasteiger partial charge in [-0.1, -0.05) is 41.4 Å². The number of anilines is 2. The molecule has 3 rings (SSSR count). The lowest BCUT2D eigenvalue weighted by atomic mass is 10.1. The summed E-state index contributed by atoms with van der Waals surface area (Å²) in [7, 11) is 0. The van der Waals surface area contributed by atoms with E-state index < -0.39 is 11.8 Å². The molecular formula is C27H23Cl2N3O4. The Morgan fingerprint density at radius 1 is 1.03 bits per heavy atom. The number of rotatable bonds is 9. The summed E-state index contributed by atoms with van der Waals surface area (Å²) in [5.74, 6) is -0.517. The zero-order valence-corrected chi connectivity index (χ0v) is 21.1. The summed E-state index contributed by atoms with van der Waals surface area (Å²) >= 11 is 12.3. The number of nitrogens with zero attached hydrogens (tertiary/aromatic N) is 1. The highest BCUT2D eigenvalue weighted by atomic mass is 35.5. The van der Waals surface area contributed by atoms with Crippen molar-refractivity contribution in [2.75, 3.05) is 23.8 Å². The average molecular weight is 524 g/mol. The van der Waals surface area contributed by atoms with Gasteiger partial charge in [-0.25, -0.2) is 0 Å². The molecule has 36 heavy (non-hydrogen) atoms. The van der Waals surface area contributed by atoms with Crippen LogP contribution in [-0.2, 0) is 9.59 Å². The van der Waals surface area contributed by atoms with E-state index in [9.17, 15) is 14.9 Å². The third kappa shape index (κ3) is 7.25. The van der Waals surface area contributed by atoms with E-state index in [4.69, 9.17) is 32.7 Å². The number of benzene rings is 3. The van der Waals surface area contributed by atoms with Crippen LogP contribution in [0, 0.1) is 18.3 Å². The van der Waals surface area contributed by atoms with Crippen molar-refractivity contribution >= 4 is 52.5 Å². The number of carbonyl (C=O) groups is 2. The lowest BCUT2D eigenvalue weighted by Crippen LogP contribution is -2.20. The molecule has 0 aliphatic carbocycles. The molecule has 0 heterocycles. The van der Waals surface area contributed by atoms with Gasteiger partial charge in [-0.15, -0.1) is 0 Å². The van der Waals surface area contributed by atoms with Gasteiger partial charge in [-0.05, 0) is 73.5 Å². The lowest BCUT2D eigenvalue weighted by Gasteiger charge is -2.15. The van der Waals surface area contributed by atoms with Crippen LogP contribution in [-0.4, -0.2) is 25.0 Å². The zero-order valence-electron chi connectivity index (χ0n) is 19.6. The fourth-order valence-corrected chi connectivity index (χ4v) is 3.56. The molecule has 9 heteroatoms. The van der Waals surface area contributed by atoms with E-state index in [-0.39, 0.29) is 28.7 Å². The molecule has 0 saturated heterocycles. The smallest absolute Gasteiger partial charge is 0.266 e. The van der Waals surface area contributed by atoms with Crippen LogP contribution in [0.15, 0.2) is 66.2 Å². The first kappa shape index (κ1) is 26.6. The van der Waals surface area contributed by atoms with Gasteiger partial charge < -0.3 is 20.1 Å². The van der Waals surface area contributed by atoms with Gasteiger partial charge in [0, 0.05) is 16.4 Å². The summed E-state index contributed by atoms with van der Waals surface area (Å²) in [4.78, 5) is 25.0. The number of nitriles is 1. The van der Waals surface area contributed by atoms with Gasteiger partial charge in [0.05, 0.1) is 11.6 Å². The molecule has 0 radical (unpaired) electrons. The lowest BCUT2D eigenvalue weighted by molar-refractivity contribution is -0.118. The van der Waals surface area contributed by atoms with Crippen LogP contribution in [0.3, 0.4) is 0 Å². The van der Waals surface area contributed by atoms with Crippen molar-refractivity contribution in [1.82, 2.24) is 0 Å². The fourth-order valence-electron chi connectivity index (χ4n) is 3.16. The van der Waals surface area contributed by atoms with Crippen molar-refractivity contribution in [1.29, 1.82) is 5.26 Å². The SMILES string of the molecule is CCOc1cc(/C=C(\C#N)C(=O)Nc2ccccc2C)cc(Cl)c1OCC(=O)Nc1ccc(Cl)cc1. The second-order valence-corrected chi connectivity index (χ2v) is 8.39. The monoisotopic (exact) mass is 523 g/mol. The van der Waals surface area contributed by atoms with Crippen molar-refractivity contribution in [3.63, 3.8) is 0 Å². The molecule has 0 atom stereocenters. The summed E-state index contributed by atoms with van der Waals surface area (Å²) < 4.78 is 11.3. The molecule has 3 aromatic rings. The minimum absolute atomic E-state index is 0.118. The number of halogens is 2. The first-order chi connectivity index (χ1) is 17.3. The number of amides is 2. The molecule has 0 unspecified atom stereocenters. The molecule has 0 bridgehead atoms. The summed E-state index contributed by atoms with van der Waals surface area (Å²) in [5.41, 5.74) is 2.38. The Balaban J connectivity index is 1.77. The van der Waals surface area contributed by atoms with E-state index in [1.54, 1.807) is 49.4 Å². The third-order valence-electron chi connectivity index (χ3n) is 4.88. The maximum Gasteiger partial charge on any atom is 0.266 e. The number of aryl methyl sites for hydroxylation is 1. The Morgan fingerprint density at radius 2 is 1.75 bits per heavy atom. The Labute approximate surface area is 219 Å². The Kier molecular flexibility index (Phi) is 9.34. The number of nitrogens with one attached hydrogen (secondary N) is 2. The van der Waals surface area contributed by atoms with Crippen LogP contribution in [0.2, 0.25) is 10.0 Å². The Morgan fingerprint density at radius 3 is 2.42 bits per heavy atom. The van der Waals surface area contributed by atoms with Crippen molar-refractivity contribution in [2.45, 2.75) is 13.8 Å². The molecular weight excluding hydrogens is 501 g/mol. The van der Waals surface area contributed by atoms with Gasteiger partial charge in [0.1, 0.15) is 11.6 Å². The topological polar surface area (TPSA) is 100 Å². The highest BCUT2D eigenvalue weighted by Crippen LogP contribution is 2.37. The first-order valence-electron chi connectivity index (χ1n) is 10.9. The minimum atomic E-state index is -0.555. The molecule has 0 aliphatic heterocycles. The molecule has 2 N–H and O–H groups in total. The molecule has 0 fully saturated rings. The van der Waals surface area contributed by atoms with Crippen LogP contribution in [0.1, 0.15) is 18.1 Å². The van der Waals surface area contributed by atoms with Crippen molar-refractivity contribution in [3.05, 3.63) is 87.4 Å². The molecule has 3 aromatic carbocycles. The number of para-hydroxylation sites is 1. The summed E-state index contributed by atoms with van der Waals surface area (Å²) in [6.45, 7) is 3.62. The normalized spacial score (nSPS) is 10.8. The van der Waals surface area contributed by atoms with Gasteiger partial charge in [0.15, 0.2) is 18.1 Å². The van der Waals surface area contributed by atoms with E-state index in [0.29, 0.717) is 28.6 Å². The maximum atomic E-state index is 12.7. The van der Waals surface area contributed by atoms with Crippen LogP contribution in [0.25, 0.3) is 6.08 Å². The standard InChI is InChI=1S/C27H23Cl2N3O4/c1-3-35-24-14-18(12-19(15-30)27(34)32-23-7-5-4-6-17(23)2)13-22(29)26(24)36-16-25(33)31-21-10-8-20(28)9-11-21/h4-14H,3,16H2,1-2H3,(H,31,33)(H,32,34)/b19-12+. The summed E-state index contributed by atoms with van der Waals surface area (Å²) in [5, 5.41) is 15.7. The minimum Gasteiger partial charge on any atom is -0.490 e. The fraction of sp³-hybridized carbons (Fsp3) is 0.148. The predicted octanol–water partition coefficient (Wildman–Crippen LogP) is 6.26. The van der Waals surface area contributed by atoms with Crippen LogP contribution in [0.5, 0.6) is 11.5 Å². The first-order valence-corrected chi connectivity index (χ1v) is 11.7. The molecule has 184 valence electrons. The van der Waals surface area contributed by atoms with Gasteiger partial charge >= 0.3 is 0 Å². The predicted molar refractivity (Wildman–Crippen MR) is 142 cm³/mol. The Bertz CT molecular complexity index is 1330. The summed E-state index contributed by atoms with van der Waals surface area (Å²) in [6, 6.07) is 18.9. The van der Waals surface area contributed by atoms with Crippen LogP contribution < -0.4 is 20.1 Å². The van der Waals surface area contributed by atoms with E-state index in [1.165, 1.54) is 12.1 Å². The van der Waals surface area contributed by atoms with Crippen LogP contribution in [0.4, 0.5) is 11.4 Å². The van der Waals surface area contributed by atoms with E-state index in [1.807, 2.05) is 25.1 Å². The molecule has 0 aliphatic rings. The highest BCUT2D eigenvalue weighted by molar-refractivity contribution is 6.32. The summed E-state index contributed by atoms with van der Waals surface area (Å²) in [6.07, 6.45) is 1.40. The van der Waals surface area contributed by atoms with Gasteiger partial charge in [-0.2, -0.15) is 5.26 Å². The van der Waals surface area contributed by atoms with Crippen molar-refractivity contribution < 1.29 is 19.1 Å². The Hall–Kier alpha value is -3.99. The van der Waals surface area contributed by atoms with Gasteiger partial charge in [0.2, 0.25) is 0 Å². The second kappa shape index (κ2) is 12.6. The van der Waals surface area contributed by atoms with Gasteiger partial charge in [0.25, 0.3) is 11.8 Å². The molecule has 7 nitrogen and oxygen atoms in total. The number of hydrogen-bond acceptors (Lipinski definition) is 5. The number of carbonyl (C=O) groups excluding carboxylic acids is 2. The van der Waals surface area contributed by atoms with E-state index >= 15 is 0 Å². The molecule has 0 spiro atoms. The average Bonchev–Trinajstić information content (AvgIpc) is 2.85. The highest BCUT2D eigenvalue weighted by Gasteiger charge is 2.16. The van der Waals surface area contributed by atoms with Crippen molar-refractivity contribution in [3.8, 4) is 17.6 Å². The van der Waals surface area contributed by atoms with Gasteiger partial charge in [-0.3, -0.25) is 9.59 Å². The maximum absolute atomic E-state index is 12.7. The zero-order chi connectivity index (χ0) is 26.1. The van der Waals surface area contributed by atoms with E-state index in [0.717, 1.165) is 5.56 Å². The quantitative estimate of drug-likeness (QED) is 0.254. The molecule has 2 amide bonds. The van der Waals surface area contributed by atoms with Crippen molar-refractivity contribution in [2.24, 2.45) is 0 Å². The molecule has 0 saturated carbocycles. The number of ether oxygens (including phenoxy) is 2. The van der Waals surface area contributed by atoms with Crippen LogP contribution >= 0.6 is 23.2 Å². The third-order valence-corrected chi connectivity index (χ3v) is 5.41. The van der Waals surface area contributed by atoms with E-state index in [2.05, 4.69) is 10.6 Å². The second-order valence-electron chi connectivity index (χ2n) is 7.55. The molecule has 0 aromatic heterocycles. The largest absolute Gasteiger partial charge is 0.490 e. The number of hydrogen-bond donors (Lipinski definition) is 2.